The van der Waals surface area contributed by atoms with Crippen LogP contribution in [0.1, 0.15) is 38.7 Å². The van der Waals surface area contributed by atoms with Crippen LogP contribution in [0.3, 0.4) is 0 Å². The van der Waals surface area contributed by atoms with Crippen LogP contribution in [0.4, 0.5) is 0 Å². The van der Waals surface area contributed by atoms with Crippen LogP contribution in [-0.2, 0) is 6.54 Å². The fraction of sp³-hybridized carbons (Fsp3) is 0.526. The van der Waals surface area contributed by atoms with E-state index in [1.165, 1.54) is 0 Å². The summed E-state index contributed by atoms with van der Waals surface area (Å²) in [5, 5.41) is 6.78. The normalized spacial score (nSPS) is 14.1. The molecule has 1 aliphatic carbocycles. The van der Waals surface area contributed by atoms with E-state index >= 15 is 0 Å². The minimum atomic E-state index is 0. The molecule has 1 aliphatic rings. The molecule has 0 atom stereocenters. The summed E-state index contributed by atoms with van der Waals surface area (Å²) in [6.45, 7) is 6.30. The molecule has 1 aromatic carbocycles. The lowest BCUT2D eigenvalue weighted by atomic mass is 10.2. The van der Waals surface area contributed by atoms with Crippen molar-refractivity contribution in [3.8, 4) is 11.5 Å². The highest BCUT2D eigenvalue weighted by Crippen LogP contribution is 2.28. The third-order valence-corrected chi connectivity index (χ3v) is 3.80. The molecular formula is C19H30IN3O2. The minimum absolute atomic E-state index is 0. The summed E-state index contributed by atoms with van der Waals surface area (Å²) in [5.74, 6) is 2.40. The molecule has 2 rings (SSSR count). The molecule has 0 heterocycles. The van der Waals surface area contributed by atoms with Crippen LogP contribution >= 0.6 is 24.0 Å². The number of rotatable bonds is 8. The fourth-order valence-electron chi connectivity index (χ4n) is 2.56. The van der Waals surface area contributed by atoms with Gasteiger partial charge in [0.1, 0.15) is 0 Å². The first-order chi connectivity index (χ1) is 11.8. The maximum atomic E-state index is 5.69. The highest BCUT2D eigenvalue weighted by molar-refractivity contribution is 14.0. The summed E-state index contributed by atoms with van der Waals surface area (Å²) in [6, 6.07) is 6.44. The Morgan fingerprint density at radius 1 is 1.20 bits per heavy atom. The van der Waals surface area contributed by atoms with E-state index in [9.17, 15) is 0 Å². The van der Waals surface area contributed by atoms with Crippen molar-refractivity contribution in [3.05, 3.63) is 35.9 Å². The molecule has 2 N–H and O–H groups in total. The van der Waals surface area contributed by atoms with Gasteiger partial charge < -0.3 is 20.1 Å². The zero-order valence-electron chi connectivity index (χ0n) is 15.4. The lowest BCUT2D eigenvalue weighted by Crippen LogP contribution is -2.42. The smallest absolute Gasteiger partial charge is 0.191 e. The highest BCUT2D eigenvalue weighted by atomic mass is 127. The monoisotopic (exact) mass is 459 g/mol. The number of ether oxygens (including phenoxy) is 2. The van der Waals surface area contributed by atoms with E-state index in [4.69, 9.17) is 9.47 Å². The van der Waals surface area contributed by atoms with Crippen LogP contribution in [0.5, 0.6) is 11.5 Å². The number of methoxy groups -OCH3 is 1. The summed E-state index contributed by atoms with van der Waals surface area (Å²) >= 11 is 0. The van der Waals surface area contributed by atoms with Gasteiger partial charge in [0, 0.05) is 12.6 Å². The molecule has 0 spiro atoms. The molecule has 0 bridgehead atoms. The number of hydrogen-bond acceptors (Lipinski definition) is 3. The van der Waals surface area contributed by atoms with Gasteiger partial charge in [0.15, 0.2) is 17.5 Å². The molecular weight excluding hydrogens is 429 g/mol. The third kappa shape index (κ3) is 7.13. The van der Waals surface area contributed by atoms with E-state index in [1.54, 1.807) is 7.11 Å². The van der Waals surface area contributed by atoms with Crippen molar-refractivity contribution >= 4 is 29.9 Å². The van der Waals surface area contributed by atoms with Crippen LogP contribution in [-0.4, -0.2) is 32.3 Å². The number of hydrogen-bond donors (Lipinski definition) is 2. The zero-order valence-corrected chi connectivity index (χ0v) is 17.7. The second-order valence-corrected chi connectivity index (χ2v) is 5.81. The lowest BCUT2D eigenvalue weighted by molar-refractivity contribution is 0.294. The Morgan fingerprint density at radius 2 is 1.96 bits per heavy atom. The van der Waals surface area contributed by atoms with Crippen LogP contribution in [0.15, 0.2) is 35.3 Å². The van der Waals surface area contributed by atoms with Crippen molar-refractivity contribution in [1.82, 2.24) is 10.6 Å². The molecule has 0 aliphatic heterocycles. The number of nitrogens with one attached hydrogen (secondary N) is 2. The molecule has 1 aromatic rings. The lowest BCUT2D eigenvalue weighted by Gasteiger charge is -2.17. The molecule has 25 heavy (non-hydrogen) atoms. The third-order valence-electron chi connectivity index (χ3n) is 3.80. The Hall–Kier alpha value is -1.44. The van der Waals surface area contributed by atoms with Gasteiger partial charge in [0.05, 0.1) is 20.3 Å². The molecule has 0 aromatic heterocycles. The molecule has 0 saturated heterocycles. The van der Waals surface area contributed by atoms with E-state index in [0.717, 1.165) is 48.8 Å². The first-order valence-corrected chi connectivity index (χ1v) is 8.76. The van der Waals surface area contributed by atoms with Gasteiger partial charge in [0.25, 0.3) is 0 Å². The van der Waals surface area contributed by atoms with Gasteiger partial charge in [-0.25, -0.2) is 4.99 Å². The van der Waals surface area contributed by atoms with E-state index < -0.39 is 0 Å². The first kappa shape index (κ1) is 21.6. The predicted molar refractivity (Wildman–Crippen MR) is 114 cm³/mol. The minimum Gasteiger partial charge on any atom is -0.493 e. The average Bonchev–Trinajstić information content (AvgIpc) is 3.11. The summed E-state index contributed by atoms with van der Waals surface area (Å²) in [7, 11) is 1.67. The van der Waals surface area contributed by atoms with Crippen molar-refractivity contribution in [2.24, 2.45) is 4.99 Å². The van der Waals surface area contributed by atoms with Crippen molar-refractivity contribution in [3.63, 3.8) is 0 Å². The highest BCUT2D eigenvalue weighted by Gasteiger charge is 2.11. The van der Waals surface area contributed by atoms with Gasteiger partial charge >= 0.3 is 0 Å². The van der Waals surface area contributed by atoms with Gasteiger partial charge in [-0.1, -0.05) is 25.1 Å². The average molecular weight is 459 g/mol. The Kier molecular flexibility index (Phi) is 10.4. The standard InChI is InChI=1S/C19H29N3O2.HI/c1-4-12-24-17-11-10-15(13-18(17)23-3)14-21-19(20-5-2)22-16-8-6-7-9-16;/h6-7,10-11,13,16H,4-5,8-9,12,14H2,1-3H3,(H2,20,21,22);1H. The molecule has 0 radical (unpaired) electrons. The second-order valence-electron chi connectivity index (χ2n) is 5.81. The molecule has 0 fully saturated rings. The largest absolute Gasteiger partial charge is 0.493 e. The number of aliphatic imine (C=N–C) groups is 1. The number of halogens is 1. The van der Waals surface area contributed by atoms with Gasteiger partial charge in [-0.2, -0.15) is 0 Å². The summed E-state index contributed by atoms with van der Waals surface area (Å²) in [4.78, 5) is 4.68. The fourth-order valence-corrected chi connectivity index (χ4v) is 2.56. The van der Waals surface area contributed by atoms with Crippen LogP contribution in [0.2, 0.25) is 0 Å². The number of nitrogens with zero attached hydrogens (tertiary/aromatic N) is 1. The first-order valence-electron chi connectivity index (χ1n) is 8.76. The van der Waals surface area contributed by atoms with Crippen molar-refractivity contribution in [1.29, 1.82) is 0 Å². The van der Waals surface area contributed by atoms with Crippen LogP contribution in [0.25, 0.3) is 0 Å². The quantitative estimate of drug-likeness (QED) is 0.268. The van der Waals surface area contributed by atoms with Crippen LogP contribution in [0, 0.1) is 0 Å². The van der Waals surface area contributed by atoms with Gasteiger partial charge in [0.2, 0.25) is 0 Å². The van der Waals surface area contributed by atoms with Gasteiger partial charge in [-0.05, 0) is 43.9 Å². The maximum Gasteiger partial charge on any atom is 0.191 e. The van der Waals surface area contributed by atoms with E-state index in [-0.39, 0.29) is 24.0 Å². The van der Waals surface area contributed by atoms with Gasteiger partial charge in [-0.3, -0.25) is 0 Å². The summed E-state index contributed by atoms with van der Waals surface area (Å²) in [6.07, 6.45) is 7.51. The van der Waals surface area contributed by atoms with Crippen molar-refractivity contribution < 1.29 is 9.47 Å². The molecule has 0 saturated carbocycles. The van der Waals surface area contributed by atoms with Crippen LogP contribution < -0.4 is 20.1 Å². The van der Waals surface area contributed by atoms with Gasteiger partial charge in [-0.15, -0.1) is 24.0 Å². The molecule has 6 heteroatoms. The SMILES string of the molecule is CCCOc1ccc(CN=C(NCC)NC2CC=CC2)cc1OC.I. The Balaban J connectivity index is 0.00000312. The topological polar surface area (TPSA) is 54.9 Å². The molecule has 5 nitrogen and oxygen atoms in total. The van der Waals surface area contributed by atoms with E-state index in [1.807, 2.05) is 18.2 Å². The Bertz CT molecular complexity index is 568. The van der Waals surface area contributed by atoms with E-state index in [2.05, 4.69) is 41.6 Å². The molecule has 0 amide bonds. The predicted octanol–water partition coefficient (Wildman–Crippen LogP) is 3.88. The Labute approximate surface area is 168 Å². The zero-order chi connectivity index (χ0) is 17.2. The molecule has 0 unspecified atom stereocenters. The summed E-state index contributed by atoms with van der Waals surface area (Å²) in [5.41, 5.74) is 1.09. The summed E-state index contributed by atoms with van der Waals surface area (Å²) < 4.78 is 11.1. The van der Waals surface area contributed by atoms with Crippen molar-refractivity contribution in [2.75, 3.05) is 20.3 Å². The second kappa shape index (κ2) is 12.0. The van der Waals surface area contributed by atoms with Crippen molar-refractivity contribution in [2.45, 2.75) is 45.7 Å². The maximum absolute atomic E-state index is 5.69. The number of guanidine groups is 1. The van der Waals surface area contributed by atoms with E-state index in [0.29, 0.717) is 19.2 Å². The Morgan fingerprint density at radius 3 is 2.60 bits per heavy atom. The number of benzene rings is 1. The molecule has 140 valence electrons.